The van der Waals surface area contributed by atoms with Gasteiger partial charge >= 0.3 is 0 Å². The lowest BCUT2D eigenvalue weighted by atomic mass is 10.1. The van der Waals surface area contributed by atoms with Crippen molar-refractivity contribution < 1.29 is 9.13 Å². The molecule has 0 bridgehead atoms. The molecule has 2 aromatic rings. The van der Waals surface area contributed by atoms with Crippen molar-refractivity contribution in [1.82, 2.24) is 9.80 Å². The van der Waals surface area contributed by atoms with Crippen molar-refractivity contribution in [2.24, 2.45) is 0 Å². The Morgan fingerprint density at radius 2 is 1.42 bits per heavy atom. The molecule has 0 amide bonds. The maximum Gasteiger partial charge on any atom is 0.123 e. The van der Waals surface area contributed by atoms with E-state index in [1.54, 1.807) is 12.1 Å². The number of nitrogens with zero attached hydrogens (tertiary/aromatic N) is 2. The van der Waals surface area contributed by atoms with Crippen molar-refractivity contribution in [2.45, 2.75) is 6.42 Å². The first-order chi connectivity index (χ1) is 11.8. The average molecular weight is 328 g/mol. The van der Waals surface area contributed by atoms with Gasteiger partial charge in [0, 0.05) is 39.3 Å². The summed E-state index contributed by atoms with van der Waals surface area (Å²) in [5.74, 6) is 0.778. The molecule has 0 aromatic heterocycles. The first-order valence-electron chi connectivity index (χ1n) is 8.66. The van der Waals surface area contributed by atoms with Gasteiger partial charge in [0.1, 0.15) is 18.2 Å². The maximum absolute atomic E-state index is 12.9. The van der Waals surface area contributed by atoms with Gasteiger partial charge in [-0.15, -0.1) is 0 Å². The summed E-state index contributed by atoms with van der Waals surface area (Å²) in [7, 11) is 0. The minimum Gasteiger partial charge on any atom is -0.492 e. The fourth-order valence-corrected chi connectivity index (χ4v) is 2.98. The van der Waals surface area contributed by atoms with E-state index in [0.717, 1.165) is 58.0 Å². The predicted molar refractivity (Wildman–Crippen MR) is 94.9 cm³/mol. The number of benzene rings is 2. The first-order valence-corrected chi connectivity index (χ1v) is 8.66. The summed E-state index contributed by atoms with van der Waals surface area (Å²) in [5.41, 5.74) is 1.20. The lowest BCUT2D eigenvalue weighted by molar-refractivity contribution is 0.118. The van der Waals surface area contributed by atoms with Crippen LogP contribution in [0.5, 0.6) is 5.75 Å². The zero-order chi connectivity index (χ0) is 16.6. The molecule has 1 saturated heterocycles. The number of ether oxygens (including phenoxy) is 1. The van der Waals surface area contributed by atoms with Crippen LogP contribution in [-0.2, 0) is 6.42 Å². The molecule has 0 aliphatic carbocycles. The number of hydrogen-bond donors (Lipinski definition) is 0. The molecule has 0 unspecified atom stereocenters. The van der Waals surface area contributed by atoms with Crippen LogP contribution in [0, 0.1) is 5.82 Å². The summed E-state index contributed by atoms with van der Waals surface area (Å²) < 4.78 is 18.7. The van der Waals surface area contributed by atoms with Crippen molar-refractivity contribution in [3.8, 4) is 5.75 Å². The topological polar surface area (TPSA) is 15.7 Å². The number of halogens is 1. The van der Waals surface area contributed by atoms with Crippen LogP contribution < -0.4 is 4.74 Å². The van der Waals surface area contributed by atoms with Crippen molar-refractivity contribution in [2.75, 3.05) is 45.9 Å². The number of piperazine rings is 1. The second-order valence-electron chi connectivity index (χ2n) is 6.22. The summed E-state index contributed by atoms with van der Waals surface area (Å²) in [6.07, 6.45) is 0.984. The summed E-state index contributed by atoms with van der Waals surface area (Å²) in [6.45, 7) is 7.10. The monoisotopic (exact) mass is 328 g/mol. The van der Waals surface area contributed by atoms with Crippen molar-refractivity contribution in [3.05, 3.63) is 66.0 Å². The second kappa shape index (κ2) is 8.81. The summed E-state index contributed by atoms with van der Waals surface area (Å²) in [6, 6.07) is 16.8. The minimum absolute atomic E-state index is 0.162. The molecule has 1 fully saturated rings. The van der Waals surface area contributed by atoms with Gasteiger partial charge in [-0.05, 0) is 36.2 Å². The van der Waals surface area contributed by atoms with Crippen molar-refractivity contribution in [3.63, 3.8) is 0 Å². The van der Waals surface area contributed by atoms with Gasteiger partial charge in [0.2, 0.25) is 0 Å². The Balaban J connectivity index is 1.31. The molecule has 4 heteroatoms. The zero-order valence-electron chi connectivity index (χ0n) is 14.0. The molecule has 1 heterocycles. The molecule has 0 radical (unpaired) electrons. The SMILES string of the molecule is Fc1ccc(CCN2CCN(CCOc3ccccc3)CC2)cc1. The highest BCUT2D eigenvalue weighted by Gasteiger charge is 2.16. The van der Waals surface area contributed by atoms with Crippen LogP contribution in [0.1, 0.15) is 5.56 Å². The summed E-state index contributed by atoms with van der Waals surface area (Å²) >= 11 is 0. The smallest absolute Gasteiger partial charge is 0.123 e. The van der Waals surface area contributed by atoms with E-state index in [0.29, 0.717) is 0 Å². The van der Waals surface area contributed by atoms with Crippen LogP contribution in [-0.4, -0.2) is 55.7 Å². The number of rotatable bonds is 7. The third-order valence-corrected chi connectivity index (χ3v) is 4.51. The maximum atomic E-state index is 12.9. The molecule has 3 nitrogen and oxygen atoms in total. The Labute approximate surface area is 143 Å². The number of para-hydroxylation sites is 1. The molecular weight excluding hydrogens is 303 g/mol. The van der Waals surface area contributed by atoms with Crippen LogP contribution >= 0.6 is 0 Å². The van der Waals surface area contributed by atoms with Crippen LogP contribution in [0.3, 0.4) is 0 Å². The minimum atomic E-state index is -0.162. The zero-order valence-corrected chi connectivity index (χ0v) is 14.0. The highest BCUT2D eigenvalue weighted by Crippen LogP contribution is 2.09. The quantitative estimate of drug-likeness (QED) is 0.777. The normalized spacial score (nSPS) is 16.2. The van der Waals surface area contributed by atoms with Gasteiger partial charge < -0.3 is 9.64 Å². The van der Waals surface area contributed by atoms with Gasteiger partial charge in [-0.1, -0.05) is 30.3 Å². The van der Waals surface area contributed by atoms with E-state index in [2.05, 4.69) is 9.80 Å². The lowest BCUT2D eigenvalue weighted by Gasteiger charge is -2.34. The van der Waals surface area contributed by atoms with E-state index in [9.17, 15) is 4.39 Å². The Kier molecular flexibility index (Phi) is 6.21. The van der Waals surface area contributed by atoms with E-state index in [1.807, 2.05) is 42.5 Å². The van der Waals surface area contributed by atoms with Crippen molar-refractivity contribution >= 4 is 0 Å². The highest BCUT2D eigenvalue weighted by molar-refractivity contribution is 5.20. The standard InChI is InChI=1S/C20H25FN2O/c21-19-8-6-18(7-9-19)10-11-22-12-14-23(15-13-22)16-17-24-20-4-2-1-3-5-20/h1-9H,10-17H2. The fourth-order valence-electron chi connectivity index (χ4n) is 2.98. The van der Waals surface area contributed by atoms with E-state index < -0.39 is 0 Å². The number of hydrogen-bond acceptors (Lipinski definition) is 3. The van der Waals surface area contributed by atoms with Gasteiger partial charge in [0.05, 0.1) is 0 Å². The van der Waals surface area contributed by atoms with Crippen LogP contribution in [0.25, 0.3) is 0 Å². The van der Waals surface area contributed by atoms with Crippen LogP contribution in [0.4, 0.5) is 4.39 Å². The average Bonchev–Trinajstić information content (AvgIpc) is 2.63. The fraction of sp³-hybridized carbons (Fsp3) is 0.400. The van der Waals surface area contributed by atoms with E-state index in [-0.39, 0.29) is 5.82 Å². The Hall–Kier alpha value is -1.91. The first kappa shape index (κ1) is 16.9. The Morgan fingerprint density at radius 1 is 0.792 bits per heavy atom. The molecule has 2 aromatic carbocycles. The van der Waals surface area contributed by atoms with E-state index in [1.165, 1.54) is 5.56 Å². The third kappa shape index (κ3) is 5.32. The second-order valence-corrected chi connectivity index (χ2v) is 6.22. The Morgan fingerprint density at radius 3 is 2.08 bits per heavy atom. The van der Waals surface area contributed by atoms with Gasteiger partial charge in [-0.2, -0.15) is 0 Å². The molecule has 128 valence electrons. The Bertz CT molecular complexity index is 595. The largest absolute Gasteiger partial charge is 0.492 e. The molecule has 1 aliphatic rings. The summed E-state index contributed by atoms with van der Waals surface area (Å²) in [5, 5.41) is 0. The highest BCUT2D eigenvalue weighted by atomic mass is 19.1. The molecule has 3 rings (SSSR count). The third-order valence-electron chi connectivity index (χ3n) is 4.51. The predicted octanol–water partition coefficient (Wildman–Crippen LogP) is 3.06. The van der Waals surface area contributed by atoms with Gasteiger partial charge in [0.25, 0.3) is 0 Å². The van der Waals surface area contributed by atoms with Gasteiger partial charge in [-0.3, -0.25) is 4.90 Å². The molecule has 0 atom stereocenters. The summed E-state index contributed by atoms with van der Waals surface area (Å²) in [4.78, 5) is 4.94. The van der Waals surface area contributed by atoms with Crippen LogP contribution in [0.2, 0.25) is 0 Å². The molecule has 24 heavy (non-hydrogen) atoms. The van der Waals surface area contributed by atoms with Crippen LogP contribution in [0.15, 0.2) is 54.6 Å². The molecule has 0 saturated carbocycles. The molecule has 1 aliphatic heterocycles. The van der Waals surface area contributed by atoms with Gasteiger partial charge in [-0.25, -0.2) is 4.39 Å². The van der Waals surface area contributed by atoms with Gasteiger partial charge in [0.15, 0.2) is 0 Å². The van der Waals surface area contributed by atoms with E-state index in [4.69, 9.17) is 4.74 Å². The molecule has 0 N–H and O–H groups in total. The lowest BCUT2D eigenvalue weighted by Crippen LogP contribution is -2.47. The van der Waals surface area contributed by atoms with E-state index >= 15 is 0 Å². The molecular formula is C20H25FN2O. The van der Waals surface area contributed by atoms with Crippen molar-refractivity contribution in [1.29, 1.82) is 0 Å². The molecule has 0 spiro atoms.